The van der Waals surface area contributed by atoms with Crippen LogP contribution < -0.4 is 10.0 Å². The summed E-state index contributed by atoms with van der Waals surface area (Å²) in [6.07, 6.45) is 2.78. The second-order valence-electron chi connectivity index (χ2n) is 5.54. The van der Waals surface area contributed by atoms with Crippen molar-refractivity contribution in [2.45, 2.75) is 37.5 Å². The number of nitro benzene ring substituents is 1. The largest absolute Gasteiger partial charge is 0.384 e. The number of benzene rings is 1. The van der Waals surface area contributed by atoms with Crippen LogP contribution in [0.2, 0.25) is 0 Å². The summed E-state index contributed by atoms with van der Waals surface area (Å²) in [5.74, 6) is -0.285. The maximum atomic E-state index is 12.4. The maximum Gasteiger partial charge on any atom is 0.271 e. The minimum absolute atomic E-state index is 0.118. The number of hydrogen-bond donors (Lipinski definition) is 2. The average molecular weight is 341 g/mol. The average Bonchev–Trinajstić information content (AvgIpc) is 3.27. The third-order valence-corrected chi connectivity index (χ3v) is 4.88. The van der Waals surface area contributed by atoms with E-state index >= 15 is 0 Å². The van der Waals surface area contributed by atoms with Crippen molar-refractivity contribution in [3.05, 3.63) is 28.3 Å². The number of carbonyl (C=O) groups excluding carboxylic acids is 1. The monoisotopic (exact) mass is 341 g/mol. The summed E-state index contributed by atoms with van der Waals surface area (Å²) in [5, 5.41) is 13.7. The van der Waals surface area contributed by atoms with E-state index in [1.54, 1.807) is 0 Å². The van der Waals surface area contributed by atoms with Gasteiger partial charge in [-0.05, 0) is 31.2 Å². The number of hydrogen-bond acceptors (Lipinski definition) is 6. The molecule has 2 N–H and O–H groups in total. The Bertz CT molecular complexity index is 713. The molecule has 1 aromatic carbocycles. The van der Waals surface area contributed by atoms with E-state index in [-0.39, 0.29) is 28.6 Å². The molecule has 0 unspecified atom stereocenters. The number of anilines is 1. The van der Waals surface area contributed by atoms with E-state index in [0.717, 1.165) is 37.5 Å². The van der Waals surface area contributed by atoms with E-state index in [0.29, 0.717) is 6.54 Å². The molecule has 1 fully saturated rings. The lowest BCUT2D eigenvalue weighted by Gasteiger charge is -2.12. The normalized spacial score (nSPS) is 14.3. The first-order valence-corrected chi connectivity index (χ1v) is 8.89. The molecular weight excluding hydrogens is 322 g/mol. The van der Waals surface area contributed by atoms with Crippen LogP contribution in [0.1, 0.15) is 32.6 Å². The van der Waals surface area contributed by atoms with E-state index in [1.807, 2.05) is 11.6 Å². The molecule has 0 atom stereocenters. The lowest BCUT2D eigenvalue weighted by molar-refractivity contribution is -0.384. The van der Waals surface area contributed by atoms with Gasteiger partial charge < -0.3 is 5.32 Å². The highest BCUT2D eigenvalue weighted by atomic mass is 32.2. The lowest BCUT2D eigenvalue weighted by atomic mass is 10.2. The molecule has 0 saturated heterocycles. The molecule has 0 aromatic heterocycles. The summed E-state index contributed by atoms with van der Waals surface area (Å²) in [6.45, 7) is 2.34. The third kappa shape index (κ3) is 4.65. The molecule has 8 nitrogen and oxygen atoms in total. The number of sulfonamides is 1. The first-order chi connectivity index (χ1) is 10.8. The highest BCUT2D eigenvalue weighted by Crippen LogP contribution is 2.32. The van der Waals surface area contributed by atoms with Crippen molar-refractivity contribution in [2.75, 3.05) is 11.9 Å². The number of nitrogens with zero attached hydrogens (tertiary/aromatic N) is 1. The molecule has 9 heteroatoms. The summed E-state index contributed by atoms with van der Waals surface area (Å²) < 4.78 is 26.8. The Hall–Kier alpha value is -2.16. The van der Waals surface area contributed by atoms with Crippen molar-refractivity contribution >= 4 is 27.3 Å². The van der Waals surface area contributed by atoms with Crippen molar-refractivity contribution in [2.24, 2.45) is 5.92 Å². The van der Waals surface area contributed by atoms with Crippen LogP contribution >= 0.6 is 0 Å². The van der Waals surface area contributed by atoms with Crippen molar-refractivity contribution in [3.63, 3.8) is 0 Å². The van der Waals surface area contributed by atoms with Crippen molar-refractivity contribution in [1.82, 2.24) is 4.72 Å². The van der Waals surface area contributed by atoms with E-state index in [1.165, 1.54) is 0 Å². The van der Waals surface area contributed by atoms with Gasteiger partial charge in [-0.15, -0.1) is 0 Å². The summed E-state index contributed by atoms with van der Waals surface area (Å²) in [5.41, 5.74) is -0.0976. The Kier molecular flexibility index (Phi) is 5.19. The SMILES string of the molecule is CCCNc1cc([N+](=O)[O-])ccc1S(=O)(=O)NC(=O)CC1CC1. The minimum atomic E-state index is -4.07. The maximum absolute atomic E-state index is 12.4. The van der Waals surface area contributed by atoms with Gasteiger partial charge in [0.2, 0.25) is 5.91 Å². The van der Waals surface area contributed by atoms with Crippen LogP contribution in [0.5, 0.6) is 0 Å². The quantitative estimate of drug-likeness (QED) is 0.551. The van der Waals surface area contributed by atoms with Crippen LogP contribution in [-0.2, 0) is 14.8 Å². The minimum Gasteiger partial charge on any atom is -0.384 e. The Morgan fingerprint density at radius 3 is 2.65 bits per heavy atom. The molecule has 1 amide bonds. The number of non-ortho nitro benzene ring substituents is 1. The van der Waals surface area contributed by atoms with Gasteiger partial charge in [-0.3, -0.25) is 14.9 Å². The van der Waals surface area contributed by atoms with Crippen LogP contribution in [0.3, 0.4) is 0 Å². The molecule has 0 bridgehead atoms. The molecule has 1 aromatic rings. The summed E-state index contributed by atoms with van der Waals surface area (Å²) in [7, 11) is -4.07. The van der Waals surface area contributed by atoms with E-state index in [2.05, 4.69) is 5.32 Å². The molecular formula is C14H19N3O5S. The van der Waals surface area contributed by atoms with Crippen molar-refractivity contribution in [3.8, 4) is 0 Å². The van der Waals surface area contributed by atoms with E-state index in [9.17, 15) is 23.3 Å². The van der Waals surface area contributed by atoms with Crippen LogP contribution in [0.25, 0.3) is 0 Å². The molecule has 126 valence electrons. The number of amides is 1. The van der Waals surface area contributed by atoms with Gasteiger partial charge >= 0.3 is 0 Å². The Morgan fingerprint density at radius 2 is 2.09 bits per heavy atom. The highest BCUT2D eigenvalue weighted by Gasteiger charge is 2.28. The fourth-order valence-corrected chi connectivity index (χ4v) is 3.26. The number of rotatable bonds is 8. The fourth-order valence-electron chi connectivity index (χ4n) is 2.09. The molecule has 0 heterocycles. The highest BCUT2D eigenvalue weighted by molar-refractivity contribution is 7.90. The van der Waals surface area contributed by atoms with Gasteiger partial charge in [0, 0.05) is 25.1 Å². The van der Waals surface area contributed by atoms with Gasteiger partial charge in [0.15, 0.2) is 0 Å². The first-order valence-electron chi connectivity index (χ1n) is 7.41. The Labute approximate surface area is 134 Å². The molecule has 0 aliphatic heterocycles. The summed E-state index contributed by atoms with van der Waals surface area (Å²) in [6, 6.07) is 3.41. The van der Waals surface area contributed by atoms with Crippen molar-refractivity contribution in [1.29, 1.82) is 0 Å². The Balaban J connectivity index is 2.26. The van der Waals surface area contributed by atoms with Crippen LogP contribution in [0, 0.1) is 16.0 Å². The van der Waals surface area contributed by atoms with Gasteiger partial charge in [-0.2, -0.15) is 0 Å². The van der Waals surface area contributed by atoms with Gasteiger partial charge in [0.1, 0.15) is 4.90 Å². The predicted molar refractivity (Wildman–Crippen MR) is 84.5 cm³/mol. The molecule has 1 aliphatic carbocycles. The molecule has 0 radical (unpaired) electrons. The third-order valence-electron chi connectivity index (χ3n) is 3.45. The topological polar surface area (TPSA) is 118 Å². The number of nitro groups is 1. The smallest absolute Gasteiger partial charge is 0.271 e. The first kappa shape index (κ1) is 17.2. The zero-order chi connectivity index (χ0) is 17.0. The molecule has 23 heavy (non-hydrogen) atoms. The standard InChI is InChI=1S/C14H19N3O5S/c1-2-7-15-12-9-11(17(19)20)5-6-13(12)23(21,22)16-14(18)8-10-3-4-10/h5-6,9-10,15H,2-4,7-8H2,1H3,(H,16,18). The second kappa shape index (κ2) is 6.95. The van der Waals surface area contributed by atoms with Crippen molar-refractivity contribution < 1.29 is 18.1 Å². The predicted octanol–water partition coefficient (Wildman–Crippen LogP) is 2.02. The van der Waals surface area contributed by atoms with Crippen LogP contribution in [-0.4, -0.2) is 25.8 Å². The van der Waals surface area contributed by atoms with Gasteiger partial charge in [-0.25, -0.2) is 13.1 Å². The van der Waals surface area contributed by atoms with Gasteiger partial charge in [-0.1, -0.05) is 6.92 Å². The van der Waals surface area contributed by atoms with Gasteiger partial charge in [0.25, 0.3) is 15.7 Å². The van der Waals surface area contributed by atoms with E-state index in [4.69, 9.17) is 0 Å². The number of nitrogens with one attached hydrogen (secondary N) is 2. The van der Waals surface area contributed by atoms with E-state index < -0.39 is 20.9 Å². The zero-order valence-electron chi connectivity index (χ0n) is 12.7. The summed E-state index contributed by atoms with van der Waals surface area (Å²) in [4.78, 5) is 21.9. The number of carbonyl (C=O) groups is 1. The zero-order valence-corrected chi connectivity index (χ0v) is 13.6. The molecule has 1 saturated carbocycles. The fraction of sp³-hybridized carbons (Fsp3) is 0.500. The molecule has 1 aliphatic rings. The van der Waals surface area contributed by atoms with Gasteiger partial charge in [0.05, 0.1) is 10.6 Å². The lowest BCUT2D eigenvalue weighted by Crippen LogP contribution is -2.31. The van der Waals surface area contributed by atoms with Crippen LogP contribution in [0.15, 0.2) is 23.1 Å². The summed E-state index contributed by atoms with van der Waals surface area (Å²) >= 11 is 0. The molecule has 2 rings (SSSR count). The molecule has 0 spiro atoms. The second-order valence-corrected chi connectivity index (χ2v) is 7.19. The van der Waals surface area contributed by atoms with Crippen LogP contribution in [0.4, 0.5) is 11.4 Å². The Morgan fingerprint density at radius 1 is 1.39 bits per heavy atom.